The van der Waals surface area contributed by atoms with Gasteiger partial charge in [0.05, 0.1) is 11.7 Å². The lowest BCUT2D eigenvalue weighted by molar-refractivity contribution is -0.111. The van der Waals surface area contributed by atoms with Gasteiger partial charge in [-0.15, -0.1) is 11.3 Å². The zero-order valence-electron chi connectivity index (χ0n) is 18.5. The average molecular weight is 426 g/mol. The van der Waals surface area contributed by atoms with Crippen molar-refractivity contribution in [3.8, 4) is 0 Å². The number of nitrogens with one attached hydrogen (secondary N) is 1. The molecule has 1 aliphatic rings. The molecule has 0 aliphatic heterocycles. The predicted octanol–water partition coefficient (Wildman–Crippen LogP) is 6.14. The summed E-state index contributed by atoms with van der Waals surface area (Å²) < 4.78 is 5.45. The second-order valence-electron chi connectivity index (χ2n) is 9.06. The van der Waals surface area contributed by atoms with E-state index in [0.29, 0.717) is 10.6 Å². The van der Waals surface area contributed by atoms with Crippen LogP contribution in [0.2, 0.25) is 0 Å². The number of carbonyl (C=O) groups is 2. The fourth-order valence-electron chi connectivity index (χ4n) is 3.56. The number of aryl methyl sites for hydroxylation is 1. The van der Waals surface area contributed by atoms with E-state index in [-0.39, 0.29) is 23.4 Å². The SMILES string of the molecule is CC(C)OC(=O)c1c(NC(=O)C=Cc2ccc(C(C)(C)C)cc2)sc2c1CCCC2. The minimum Gasteiger partial charge on any atom is -0.459 e. The lowest BCUT2D eigenvalue weighted by Crippen LogP contribution is -2.17. The van der Waals surface area contributed by atoms with E-state index >= 15 is 0 Å². The molecule has 30 heavy (non-hydrogen) atoms. The van der Waals surface area contributed by atoms with Gasteiger partial charge in [-0.05, 0) is 67.7 Å². The van der Waals surface area contributed by atoms with Gasteiger partial charge >= 0.3 is 5.97 Å². The Morgan fingerprint density at radius 3 is 2.40 bits per heavy atom. The topological polar surface area (TPSA) is 55.4 Å². The number of esters is 1. The summed E-state index contributed by atoms with van der Waals surface area (Å²) in [6.45, 7) is 10.2. The second-order valence-corrected chi connectivity index (χ2v) is 10.2. The highest BCUT2D eigenvalue weighted by molar-refractivity contribution is 7.17. The molecule has 0 saturated heterocycles. The van der Waals surface area contributed by atoms with Gasteiger partial charge in [-0.1, -0.05) is 45.0 Å². The van der Waals surface area contributed by atoms with Crippen LogP contribution >= 0.6 is 11.3 Å². The largest absolute Gasteiger partial charge is 0.459 e. The van der Waals surface area contributed by atoms with Crippen LogP contribution in [0.4, 0.5) is 5.00 Å². The third-order valence-corrected chi connectivity index (χ3v) is 6.37. The molecule has 0 saturated carbocycles. The van der Waals surface area contributed by atoms with E-state index in [1.165, 1.54) is 27.9 Å². The number of thiophene rings is 1. The van der Waals surface area contributed by atoms with Crippen molar-refractivity contribution < 1.29 is 14.3 Å². The predicted molar refractivity (Wildman–Crippen MR) is 124 cm³/mol. The molecule has 0 spiro atoms. The summed E-state index contributed by atoms with van der Waals surface area (Å²) in [5.74, 6) is -0.589. The number of anilines is 1. The molecule has 0 radical (unpaired) electrons. The molecule has 3 rings (SSSR count). The molecule has 1 aliphatic carbocycles. The maximum absolute atomic E-state index is 12.7. The average Bonchev–Trinajstić information content (AvgIpc) is 3.03. The highest BCUT2D eigenvalue weighted by Gasteiger charge is 2.27. The van der Waals surface area contributed by atoms with Crippen LogP contribution in [-0.2, 0) is 27.8 Å². The van der Waals surface area contributed by atoms with Gasteiger partial charge < -0.3 is 10.1 Å². The number of carbonyl (C=O) groups excluding carboxylic acids is 2. The Kier molecular flexibility index (Phi) is 6.81. The number of hydrogen-bond donors (Lipinski definition) is 1. The third kappa shape index (κ3) is 5.39. The minimum atomic E-state index is -0.346. The van der Waals surface area contributed by atoms with Crippen LogP contribution in [0.1, 0.15) is 79.4 Å². The summed E-state index contributed by atoms with van der Waals surface area (Å²) in [5, 5.41) is 3.52. The van der Waals surface area contributed by atoms with Gasteiger partial charge in [-0.25, -0.2) is 4.79 Å². The molecule has 2 aromatic rings. The van der Waals surface area contributed by atoms with Crippen molar-refractivity contribution in [2.45, 2.75) is 71.8 Å². The van der Waals surface area contributed by atoms with Crippen LogP contribution in [-0.4, -0.2) is 18.0 Å². The highest BCUT2D eigenvalue weighted by atomic mass is 32.1. The van der Waals surface area contributed by atoms with Gasteiger partial charge in [0, 0.05) is 11.0 Å². The van der Waals surface area contributed by atoms with E-state index in [0.717, 1.165) is 36.8 Å². The van der Waals surface area contributed by atoms with E-state index in [4.69, 9.17) is 4.74 Å². The van der Waals surface area contributed by atoms with Crippen LogP contribution in [0.15, 0.2) is 30.3 Å². The molecular weight excluding hydrogens is 394 g/mol. The van der Waals surface area contributed by atoms with Crippen LogP contribution in [0, 0.1) is 0 Å². The second kappa shape index (κ2) is 9.17. The number of fused-ring (bicyclic) bond motifs is 1. The van der Waals surface area contributed by atoms with Crippen molar-refractivity contribution >= 4 is 34.3 Å². The number of benzene rings is 1. The monoisotopic (exact) mass is 425 g/mol. The Labute approximate surface area is 183 Å². The normalized spacial score (nSPS) is 14.1. The van der Waals surface area contributed by atoms with Gasteiger partial charge in [0.25, 0.3) is 0 Å². The smallest absolute Gasteiger partial charge is 0.341 e. The first kappa shape index (κ1) is 22.3. The third-order valence-electron chi connectivity index (χ3n) is 5.16. The summed E-state index contributed by atoms with van der Waals surface area (Å²) >= 11 is 1.51. The van der Waals surface area contributed by atoms with E-state index in [9.17, 15) is 9.59 Å². The first-order valence-corrected chi connectivity index (χ1v) is 11.4. The van der Waals surface area contributed by atoms with Gasteiger partial charge in [0.2, 0.25) is 5.91 Å². The molecule has 0 unspecified atom stereocenters. The number of hydrogen-bond acceptors (Lipinski definition) is 4. The Morgan fingerprint density at radius 1 is 1.10 bits per heavy atom. The summed E-state index contributed by atoms with van der Waals surface area (Å²) in [7, 11) is 0. The van der Waals surface area contributed by atoms with E-state index in [1.54, 1.807) is 6.08 Å². The van der Waals surface area contributed by atoms with Crippen molar-refractivity contribution in [1.82, 2.24) is 0 Å². The molecule has 5 heteroatoms. The molecule has 4 nitrogen and oxygen atoms in total. The molecule has 1 heterocycles. The quantitative estimate of drug-likeness (QED) is 0.462. The van der Waals surface area contributed by atoms with E-state index < -0.39 is 0 Å². The Hall–Kier alpha value is -2.40. The van der Waals surface area contributed by atoms with E-state index in [1.807, 2.05) is 26.0 Å². The Balaban J connectivity index is 1.77. The molecular formula is C25H31NO3S. The summed E-state index contributed by atoms with van der Waals surface area (Å²) in [6, 6.07) is 8.20. The van der Waals surface area contributed by atoms with Gasteiger partial charge in [-0.3, -0.25) is 4.79 Å². The summed E-state index contributed by atoms with van der Waals surface area (Å²) in [6.07, 6.45) is 7.10. The van der Waals surface area contributed by atoms with Gasteiger partial charge in [0.15, 0.2) is 0 Å². The molecule has 1 amide bonds. The molecule has 0 bridgehead atoms. The number of rotatable bonds is 5. The van der Waals surface area contributed by atoms with Crippen LogP contribution in [0.3, 0.4) is 0 Å². The zero-order valence-corrected chi connectivity index (χ0v) is 19.3. The standard InChI is InChI=1S/C25H31NO3S/c1-16(2)29-24(28)22-19-8-6-7-9-20(19)30-23(22)26-21(27)15-12-17-10-13-18(14-11-17)25(3,4)5/h10-16H,6-9H2,1-5H3,(H,26,27). The first-order chi connectivity index (χ1) is 14.1. The molecule has 0 fully saturated rings. The Morgan fingerprint density at radius 2 is 1.77 bits per heavy atom. The molecule has 0 atom stereocenters. The zero-order chi connectivity index (χ0) is 21.9. The van der Waals surface area contributed by atoms with Crippen molar-refractivity contribution in [2.75, 3.05) is 5.32 Å². The lowest BCUT2D eigenvalue weighted by Gasteiger charge is -2.18. The fourth-order valence-corrected chi connectivity index (χ4v) is 4.84. The highest BCUT2D eigenvalue weighted by Crippen LogP contribution is 2.38. The maximum Gasteiger partial charge on any atom is 0.341 e. The summed E-state index contributed by atoms with van der Waals surface area (Å²) in [5.41, 5.74) is 3.90. The lowest BCUT2D eigenvalue weighted by atomic mass is 9.87. The van der Waals surface area contributed by atoms with Crippen LogP contribution < -0.4 is 5.32 Å². The molecule has 160 valence electrons. The van der Waals surface area contributed by atoms with Crippen LogP contribution in [0.25, 0.3) is 6.08 Å². The van der Waals surface area contributed by atoms with Gasteiger partial charge in [0.1, 0.15) is 5.00 Å². The molecule has 1 aromatic heterocycles. The molecule has 1 N–H and O–H groups in total. The number of amides is 1. The minimum absolute atomic E-state index is 0.0961. The van der Waals surface area contributed by atoms with Crippen molar-refractivity contribution in [3.63, 3.8) is 0 Å². The number of ether oxygens (including phenoxy) is 1. The van der Waals surface area contributed by atoms with Gasteiger partial charge in [-0.2, -0.15) is 0 Å². The Bertz CT molecular complexity index is 946. The maximum atomic E-state index is 12.7. The van der Waals surface area contributed by atoms with Crippen LogP contribution in [0.5, 0.6) is 0 Å². The molecule has 1 aromatic carbocycles. The van der Waals surface area contributed by atoms with Crippen molar-refractivity contribution in [1.29, 1.82) is 0 Å². The van der Waals surface area contributed by atoms with E-state index in [2.05, 4.69) is 38.2 Å². The summed E-state index contributed by atoms with van der Waals surface area (Å²) in [4.78, 5) is 26.5. The van der Waals surface area contributed by atoms with Crippen molar-refractivity contribution in [2.24, 2.45) is 0 Å². The first-order valence-electron chi connectivity index (χ1n) is 10.6. The van der Waals surface area contributed by atoms with Crippen molar-refractivity contribution in [3.05, 3.63) is 57.5 Å². The fraction of sp³-hybridized carbons (Fsp3) is 0.440.